The van der Waals surface area contributed by atoms with Crippen LogP contribution < -0.4 is 5.32 Å². The molecule has 0 amide bonds. The Hall–Kier alpha value is -1.19. The van der Waals surface area contributed by atoms with Gasteiger partial charge >= 0.3 is 0 Å². The maximum atomic E-state index is 4.34. The molecule has 0 aliphatic carbocycles. The molecule has 16 heavy (non-hydrogen) atoms. The largest absolute Gasteiger partial charge is 0.310 e. The van der Waals surface area contributed by atoms with Crippen LogP contribution in [-0.4, -0.2) is 11.5 Å². The lowest BCUT2D eigenvalue weighted by atomic mass is 10.0. The van der Waals surface area contributed by atoms with Crippen LogP contribution in [-0.2, 0) is 6.42 Å². The van der Waals surface area contributed by atoms with Gasteiger partial charge in [0.2, 0.25) is 0 Å². The first-order chi connectivity index (χ1) is 7.90. The van der Waals surface area contributed by atoms with Crippen molar-refractivity contribution in [2.24, 2.45) is 0 Å². The second kappa shape index (κ2) is 5.77. The number of nitrogens with one attached hydrogen (secondary N) is 1. The van der Waals surface area contributed by atoms with Crippen molar-refractivity contribution in [3.8, 4) is 0 Å². The van der Waals surface area contributed by atoms with E-state index in [0.717, 1.165) is 13.0 Å². The van der Waals surface area contributed by atoms with Crippen molar-refractivity contribution in [2.75, 3.05) is 6.54 Å². The van der Waals surface area contributed by atoms with Gasteiger partial charge in [-0.2, -0.15) is 0 Å². The summed E-state index contributed by atoms with van der Waals surface area (Å²) in [6.45, 7) is 3.11. The molecule has 2 aromatic rings. The number of rotatable bonds is 5. The maximum absolute atomic E-state index is 4.34. The van der Waals surface area contributed by atoms with Crippen molar-refractivity contribution in [2.45, 2.75) is 19.4 Å². The van der Waals surface area contributed by atoms with Gasteiger partial charge in [0.15, 0.2) is 0 Å². The Labute approximate surface area is 100 Å². The Kier molecular flexibility index (Phi) is 4.08. The summed E-state index contributed by atoms with van der Waals surface area (Å²) in [5.41, 5.74) is 4.39. The molecule has 1 aromatic carbocycles. The second-order valence-electron chi connectivity index (χ2n) is 3.70. The minimum Gasteiger partial charge on any atom is -0.310 e. The highest BCUT2D eigenvalue weighted by molar-refractivity contribution is 7.07. The molecule has 1 atom stereocenters. The SMILES string of the molecule is CCNC(Cc1cscn1)c1ccccc1. The number of likely N-dealkylation sites (N-methyl/N-ethyl adjacent to an activating group) is 1. The number of nitrogens with zero attached hydrogens (tertiary/aromatic N) is 1. The molecule has 1 heterocycles. The van der Waals surface area contributed by atoms with Crippen molar-refractivity contribution in [3.63, 3.8) is 0 Å². The summed E-state index contributed by atoms with van der Waals surface area (Å²) in [6.07, 6.45) is 0.960. The summed E-state index contributed by atoms with van der Waals surface area (Å²) in [6, 6.07) is 10.9. The first kappa shape index (κ1) is 11.3. The second-order valence-corrected chi connectivity index (χ2v) is 4.42. The first-order valence-electron chi connectivity index (χ1n) is 5.55. The Morgan fingerprint density at radius 1 is 1.31 bits per heavy atom. The van der Waals surface area contributed by atoms with Gasteiger partial charge < -0.3 is 5.32 Å². The van der Waals surface area contributed by atoms with Crippen molar-refractivity contribution in [3.05, 3.63) is 52.5 Å². The van der Waals surface area contributed by atoms with Gasteiger partial charge in [-0.1, -0.05) is 37.3 Å². The summed E-state index contributed by atoms with van der Waals surface area (Å²) in [7, 11) is 0. The quantitative estimate of drug-likeness (QED) is 0.857. The van der Waals surface area contributed by atoms with Crippen LogP contribution in [0.2, 0.25) is 0 Å². The minimum absolute atomic E-state index is 0.369. The van der Waals surface area contributed by atoms with E-state index in [4.69, 9.17) is 0 Å². The van der Waals surface area contributed by atoms with E-state index in [1.807, 2.05) is 5.51 Å². The van der Waals surface area contributed by atoms with E-state index < -0.39 is 0 Å². The fourth-order valence-corrected chi connectivity index (χ4v) is 2.36. The first-order valence-corrected chi connectivity index (χ1v) is 6.50. The number of hydrogen-bond acceptors (Lipinski definition) is 3. The predicted octanol–water partition coefficient (Wildman–Crippen LogP) is 3.04. The highest BCUT2D eigenvalue weighted by Crippen LogP contribution is 2.17. The van der Waals surface area contributed by atoms with Crippen LogP contribution in [0.4, 0.5) is 0 Å². The molecule has 84 valence electrons. The minimum atomic E-state index is 0.369. The normalized spacial score (nSPS) is 12.6. The van der Waals surface area contributed by atoms with Crippen molar-refractivity contribution < 1.29 is 0 Å². The molecule has 0 fully saturated rings. The molecule has 0 bridgehead atoms. The maximum Gasteiger partial charge on any atom is 0.0794 e. The van der Waals surface area contributed by atoms with E-state index in [9.17, 15) is 0 Å². The van der Waals surface area contributed by atoms with E-state index in [0.29, 0.717) is 6.04 Å². The van der Waals surface area contributed by atoms with Gasteiger partial charge in [-0.25, -0.2) is 4.98 Å². The van der Waals surface area contributed by atoms with Crippen LogP contribution >= 0.6 is 11.3 Å². The third kappa shape index (κ3) is 2.90. The molecule has 2 rings (SSSR count). The topological polar surface area (TPSA) is 24.9 Å². The molecule has 1 N–H and O–H groups in total. The van der Waals surface area contributed by atoms with Crippen molar-refractivity contribution >= 4 is 11.3 Å². The molecule has 1 unspecified atom stereocenters. The van der Waals surface area contributed by atoms with Crippen LogP contribution in [0.3, 0.4) is 0 Å². The molecular formula is C13H16N2S. The van der Waals surface area contributed by atoms with E-state index in [2.05, 4.69) is 52.9 Å². The Morgan fingerprint density at radius 3 is 2.75 bits per heavy atom. The smallest absolute Gasteiger partial charge is 0.0794 e. The van der Waals surface area contributed by atoms with Gasteiger partial charge in [-0.3, -0.25) is 0 Å². The number of benzene rings is 1. The zero-order chi connectivity index (χ0) is 11.2. The zero-order valence-corrected chi connectivity index (χ0v) is 10.2. The Balaban J connectivity index is 2.11. The average Bonchev–Trinajstić information content (AvgIpc) is 2.83. The highest BCUT2D eigenvalue weighted by Gasteiger charge is 2.11. The van der Waals surface area contributed by atoms with Crippen LogP contribution in [0.25, 0.3) is 0 Å². The van der Waals surface area contributed by atoms with Gasteiger partial charge in [0.05, 0.1) is 11.2 Å². The average molecular weight is 232 g/mol. The summed E-state index contributed by atoms with van der Waals surface area (Å²) in [5.74, 6) is 0. The molecule has 0 aliphatic heterocycles. The van der Waals surface area contributed by atoms with E-state index in [-0.39, 0.29) is 0 Å². The standard InChI is InChI=1S/C13H16N2S/c1-2-14-13(8-12-9-16-10-15-12)11-6-4-3-5-7-11/h3-7,9-10,13-14H,2,8H2,1H3. The number of thiazole rings is 1. The van der Waals surface area contributed by atoms with Crippen LogP contribution in [0.1, 0.15) is 24.2 Å². The number of aromatic nitrogens is 1. The molecule has 0 radical (unpaired) electrons. The fourth-order valence-electron chi connectivity index (χ4n) is 1.79. The fraction of sp³-hybridized carbons (Fsp3) is 0.308. The summed E-state index contributed by atoms with van der Waals surface area (Å²) in [4.78, 5) is 4.34. The number of hydrogen-bond donors (Lipinski definition) is 1. The molecule has 0 saturated heterocycles. The molecular weight excluding hydrogens is 216 g/mol. The van der Waals surface area contributed by atoms with Gasteiger partial charge in [0.1, 0.15) is 0 Å². The summed E-state index contributed by atoms with van der Waals surface area (Å²) in [5, 5.41) is 5.62. The molecule has 0 aliphatic rings. The third-order valence-corrected chi connectivity index (χ3v) is 3.18. The molecule has 3 heteroatoms. The zero-order valence-electron chi connectivity index (χ0n) is 9.39. The lowest BCUT2D eigenvalue weighted by Crippen LogP contribution is -2.22. The third-order valence-electron chi connectivity index (χ3n) is 2.55. The van der Waals surface area contributed by atoms with E-state index >= 15 is 0 Å². The van der Waals surface area contributed by atoms with Crippen molar-refractivity contribution in [1.29, 1.82) is 0 Å². The van der Waals surface area contributed by atoms with Crippen LogP contribution in [0, 0.1) is 0 Å². The summed E-state index contributed by atoms with van der Waals surface area (Å²) >= 11 is 1.66. The van der Waals surface area contributed by atoms with Gasteiger partial charge in [-0.15, -0.1) is 11.3 Å². The lowest BCUT2D eigenvalue weighted by molar-refractivity contribution is 0.545. The van der Waals surface area contributed by atoms with Gasteiger partial charge in [-0.05, 0) is 12.1 Å². The molecule has 2 nitrogen and oxygen atoms in total. The monoisotopic (exact) mass is 232 g/mol. The molecule has 1 aromatic heterocycles. The van der Waals surface area contributed by atoms with Crippen molar-refractivity contribution in [1.82, 2.24) is 10.3 Å². The summed E-state index contributed by atoms with van der Waals surface area (Å²) < 4.78 is 0. The Bertz CT molecular complexity index is 397. The van der Waals surface area contributed by atoms with E-state index in [1.165, 1.54) is 11.3 Å². The van der Waals surface area contributed by atoms with Crippen LogP contribution in [0.15, 0.2) is 41.2 Å². The lowest BCUT2D eigenvalue weighted by Gasteiger charge is -2.17. The Morgan fingerprint density at radius 2 is 2.12 bits per heavy atom. The highest BCUT2D eigenvalue weighted by atomic mass is 32.1. The van der Waals surface area contributed by atoms with Gasteiger partial charge in [0, 0.05) is 17.8 Å². The predicted molar refractivity (Wildman–Crippen MR) is 68.7 cm³/mol. The molecule has 0 saturated carbocycles. The van der Waals surface area contributed by atoms with Crippen LogP contribution in [0.5, 0.6) is 0 Å². The van der Waals surface area contributed by atoms with E-state index in [1.54, 1.807) is 11.3 Å². The van der Waals surface area contributed by atoms with Gasteiger partial charge in [0.25, 0.3) is 0 Å². The molecule has 0 spiro atoms.